The molecule has 1 fully saturated rings. The van der Waals surface area contributed by atoms with Gasteiger partial charge in [0, 0.05) is 5.69 Å². The van der Waals surface area contributed by atoms with Crippen molar-refractivity contribution >= 4 is 11.7 Å². The Morgan fingerprint density at radius 3 is 2.50 bits per heavy atom. The predicted molar refractivity (Wildman–Crippen MR) is 62.9 cm³/mol. The average Bonchev–Trinajstić information content (AvgIpc) is 3.03. The number of hydrogen-bond acceptors (Lipinski definition) is 3. The largest absolute Gasteiger partial charge is 0.466 e. The Morgan fingerprint density at radius 1 is 1.38 bits per heavy atom. The Morgan fingerprint density at radius 2 is 2.00 bits per heavy atom. The lowest BCUT2D eigenvalue weighted by molar-refractivity contribution is -0.149. The Balaban J connectivity index is 2.04. The summed E-state index contributed by atoms with van der Waals surface area (Å²) in [6, 6.07) is 7.70. The van der Waals surface area contributed by atoms with Crippen molar-refractivity contribution in [2.24, 2.45) is 5.41 Å². The molecule has 0 unspecified atom stereocenters. The van der Waals surface area contributed by atoms with Crippen molar-refractivity contribution in [3.05, 3.63) is 29.8 Å². The molecule has 0 bridgehead atoms. The maximum Gasteiger partial charge on any atom is 0.312 e. The second-order valence-electron chi connectivity index (χ2n) is 4.42. The summed E-state index contributed by atoms with van der Waals surface area (Å²) in [5, 5.41) is 0. The number of hydrogen-bond donors (Lipinski definition) is 1. The third-order valence-corrected chi connectivity index (χ3v) is 3.08. The van der Waals surface area contributed by atoms with Gasteiger partial charge in [-0.2, -0.15) is 0 Å². The molecule has 0 amide bonds. The monoisotopic (exact) mass is 219 g/mol. The van der Waals surface area contributed by atoms with Crippen molar-refractivity contribution in [3.8, 4) is 0 Å². The van der Waals surface area contributed by atoms with Crippen LogP contribution >= 0.6 is 0 Å². The van der Waals surface area contributed by atoms with Crippen LogP contribution in [-0.4, -0.2) is 12.6 Å². The van der Waals surface area contributed by atoms with Crippen molar-refractivity contribution < 1.29 is 9.53 Å². The Bertz CT molecular complexity index is 379. The molecule has 3 nitrogen and oxygen atoms in total. The van der Waals surface area contributed by atoms with Crippen molar-refractivity contribution in [2.75, 3.05) is 12.3 Å². The number of carbonyl (C=O) groups is 1. The van der Waals surface area contributed by atoms with Gasteiger partial charge in [0.2, 0.25) is 0 Å². The highest BCUT2D eigenvalue weighted by molar-refractivity contribution is 5.80. The van der Waals surface area contributed by atoms with Gasteiger partial charge < -0.3 is 10.5 Å². The van der Waals surface area contributed by atoms with Gasteiger partial charge in [0.05, 0.1) is 12.0 Å². The van der Waals surface area contributed by atoms with E-state index in [4.69, 9.17) is 10.5 Å². The van der Waals surface area contributed by atoms with E-state index in [2.05, 4.69) is 0 Å². The first-order valence-electron chi connectivity index (χ1n) is 5.68. The maximum atomic E-state index is 11.8. The van der Waals surface area contributed by atoms with Crippen LogP contribution in [0.25, 0.3) is 0 Å². The summed E-state index contributed by atoms with van der Waals surface area (Å²) in [4.78, 5) is 11.8. The first-order chi connectivity index (χ1) is 7.66. The molecule has 1 aromatic rings. The zero-order valence-corrected chi connectivity index (χ0v) is 9.53. The Labute approximate surface area is 95.6 Å². The standard InChI is InChI=1S/C13H17NO2/c1-2-16-12(15)13(7-8-13)9-10-3-5-11(14)6-4-10/h3-6H,2,7-9,14H2,1H3. The molecule has 1 aliphatic carbocycles. The molecule has 0 aromatic heterocycles. The van der Waals surface area contributed by atoms with Crippen LogP contribution in [0.5, 0.6) is 0 Å². The van der Waals surface area contributed by atoms with Crippen LogP contribution in [0, 0.1) is 5.41 Å². The molecule has 16 heavy (non-hydrogen) atoms. The number of esters is 1. The van der Waals surface area contributed by atoms with Crippen molar-refractivity contribution in [1.82, 2.24) is 0 Å². The molecule has 1 saturated carbocycles. The van der Waals surface area contributed by atoms with Gasteiger partial charge in [-0.25, -0.2) is 0 Å². The normalized spacial score (nSPS) is 16.8. The molecular weight excluding hydrogens is 202 g/mol. The zero-order chi connectivity index (χ0) is 11.6. The van der Waals surface area contributed by atoms with Gasteiger partial charge in [-0.1, -0.05) is 12.1 Å². The average molecular weight is 219 g/mol. The first-order valence-corrected chi connectivity index (χ1v) is 5.68. The summed E-state index contributed by atoms with van der Waals surface area (Å²) >= 11 is 0. The maximum absolute atomic E-state index is 11.8. The molecule has 0 radical (unpaired) electrons. The molecule has 86 valence electrons. The third-order valence-electron chi connectivity index (χ3n) is 3.08. The Hall–Kier alpha value is -1.51. The van der Waals surface area contributed by atoms with Gasteiger partial charge in [0.15, 0.2) is 0 Å². The summed E-state index contributed by atoms with van der Waals surface area (Å²) in [6.45, 7) is 2.31. The molecule has 0 spiro atoms. The number of nitrogen functional groups attached to an aromatic ring is 1. The molecule has 0 atom stereocenters. The lowest BCUT2D eigenvalue weighted by Crippen LogP contribution is -2.21. The summed E-state index contributed by atoms with van der Waals surface area (Å²) in [5.41, 5.74) is 7.28. The lowest BCUT2D eigenvalue weighted by atomic mass is 9.96. The summed E-state index contributed by atoms with van der Waals surface area (Å²) < 4.78 is 5.10. The zero-order valence-electron chi connectivity index (χ0n) is 9.53. The lowest BCUT2D eigenvalue weighted by Gasteiger charge is -2.13. The van der Waals surface area contributed by atoms with Gasteiger partial charge in [-0.3, -0.25) is 4.79 Å². The van der Waals surface area contributed by atoms with Crippen molar-refractivity contribution in [2.45, 2.75) is 26.2 Å². The van der Waals surface area contributed by atoms with E-state index in [1.54, 1.807) is 0 Å². The number of anilines is 1. The van der Waals surface area contributed by atoms with E-state index >= 15 is 0 Å². The third kappa shape index (κ3) is 2.18. The number of ether oxygens (including phenoxy) is 1. The minimum atomic E-state index is -0.244. The van der Waals surface area contributed by atoms with Crippen LogP contribution < -0.4 is 5.73 Å². The minimum Gasteiger partial charge on any atom is -0.466 e. The fourth-order valence-electron chi connectivity index (χ4n) is 1.91. The van der Waals surface area contributed by atoms with Crippen LogP contribution in [0.15, 0.2) is 24.3 Å². The topological polar surface area (TPSA) is 52.3 Å². The summed E-state index contributed by atoms with van der Waals surface area (Å²) in [5.74, 6) is -0.0492. The summed E-state index contributed by atoms with van der Waals surface area (Å²) in [7, 11) is 0. The van der Waals surface area contributed by atoms with Gasteiger partial charge in [-0.05, 0) is 43.9 Å². The molecule has 2 rings (SSSR count). The van der Waals surface area contributed by atoms with Crippen molar-refractivity contribution in [1.29, 1.82) is 0 Å². The van der Waals surface area contributed by atoms with E-state index in [9.17, 15) is 4.79 Å². The molecule has 2 N–H and O–H groups in total. The van der Waals surface area contributed by atoms with Crippen LogP contribution in [0.3, 0.4) is 0 Å². The van der Waals surface area contributed by atoms with Crippen molar-refractivity contribution in [3.63, 3.8) is 0 Å². The Kier molecular flexibility index (Phi) is 2.86. The number of nitrogens with two attached hydrogens (primary N) is 1. The van der Waals surface area contributed by atoms with Crippen LogP contribution in [0.1, 0.15) is 25.3 Å². The number of benzene rings is 1. The second kappa shape index (κ2) is 4.16. The number of carbonyl (C=O) groups excluding carboxylic acids is 1. The van der Waals surface area contributed by atoms with Gasteiger partial charge >= 0.3 is 5.97 Å². The van der Waals surface area contributed by atoms with E-state index in [-0.39, 0.29) is 11.4 Å². The highest BCUT2D eigenvalue weighted by Crippen LogP contribution is 2.49. The van der Waals surface area contributed by atoms with E-state index in [1.165, 1.54) is 0 Å². The summed E-state index contributed by atoms with van der Waals surface area (Å²) in [6.07, 6.45) is 2.65. The van der Waals surface area contributed by atoms with Gasteiger partial charge in [-0.15, -0.1) is 0 Å². The first kappa shape index (κ1) is 11.0. The SMILES string of the molecule is CCOC(=O)C1(Cc2ccc(N)cc2)CC1. The highest BCUT2D eigenvalue weighted by atomic mass is 16.5. The fourth-order valence-corrected chi connectivity index (χ4v) is 1.91. The molecule has 1 aliphatic rings. The van der Waals surface area contributed by atoms with Crippen LogP contribution in [0.4, 0.5) is 5.69 Å². The molecule has 1 aromatic carbocycles. The number of rotatable bonds is 4. The molecule has 0 aliphatic heterocycles. The molecular formula is C13H17NO2. The van der Waals surface area contributed by atoms with E-state index < -0.39 is 0 Å². The second-order valence-corrected chi connectivity index (χ2v) is 4.42. The van der Waals surface area contributed by atoms with Crippen LogP contribution in [0.2, 0.25) is 0 Å². The van der Waals surface area contributed by atoms with Crippen LogP contribution in [-0.2, 0) is 16.0 Å². The predicted octanol–water partition coefficient (Wildman–Crippen LogP) is 2.15. The van der Waals surface area contributed by atoms with E-state index in [0.29, 0.717) is 6.61 Å². The van der Waals surface area contributed by atoms with Gasteiger partial charge in [0.1, 0.15) is 0 Å². The minimum absolute atomic E-state index is 0.0492. The van der Waals surface area contributed by atoms with E-state index in [1.807, 2.05) is 31.2 Å². The smallest absolute Gasteiger partial charge is 0.312 e. The van der Waals surface area contributed by atoms with E-state index in [0.717, 1.165) is 30.5 Å². The molecule has 0 heterocycles. The molecule has 0 saturated heterocycles. The fraction of sp³-hybridized carbons (Fsp3) is 0.462. The van der Waals surface area contributed by atoms with Gasteiger partial charge in [0.25, 0.3) is 0 Å². The quantitative estimate of drug-likeness (QED) is 0.623. The highest BCUT2D eigenvalue weighted by Gasteiger charge is 2.50. The molecule has 3 heteroatoms.